The van der Waals surface area contributed by atoms with E-state index in [9.17, 15) is 5.11 Å². The Balaban J connectivity index is 1.88. The fourth-order valence-corrected chi connectivity index (χ4v) is 2.01. The normalized spacial score (nSPS) is 11.0. The van der Waals surface area contributed by atoms with Gasteiger partial charge in [-0.05, 0) is 23.8 Å². The molecule has 0 unspecified atom stereocenters. The van der Waals surface area contributed by atoms with E-state index in [4.69, 9.17) is 4.74 Å². The van der Waals surface area contributed by atoms with Crippen LogP contribution in [0, 0.1) is 0 Å². The van der Waals surface area contributed by atoms with Crippen molar-refractivity contribution in [2.45, 2.75) is 0 Å². The van der Waals surface area contributed by atoms with E-state index >= 15 is 0 Å². The van der Waals surface area contributed by atoms with Crippen LogP contribution in [-0.4, -0.2) is 33.3 Å². The second kappa shape index (κ2) is 6.09. The second-order valence-electron chi connectivity index (χ2n) is 4.54. The van der Waals surface area contributed by atoms with Crippen molar-refractivity contribution in [2.75, 3.05) is 7.11 Å². The first kappa shape index (κ1) is 13.8. The third-order valence-corrected chi connectivity index (χ3v) is 3.10. The van der Waals surface area contributed by atoms with Crippen molar-refractivity contribution in [1.82, 2.24) is 14.9 Å². The standard InChI is InChI=1S/C16H14N4O2/c1-22-15-8-7-12(9-14(15)21)10-18-20-11-17-19-16(20)13-5-3-2-4-6-13/h2-11,21H,1H3/b18-10-. The average molecular weight is 294 g/mol. The van der Waals surface area contributed by atoms with Gasteiger partial charge in [0.15, 0.2) is 17.3 Å². The lowest BCUT2D eigenvalue weighted by Gasteiger charge is -2.03. The molecule has 110 valence electrons. The summed E-state index contributed by atoms with van der Waals surface area (Å²) in [5.41, 5.74) is 1.67. The van der Waals surface area contributed by atoms with E-state index in [1.165, 1.54) is 13.4 Å². The molecule has 0 aliphatic rings. The van der Waals surface area contributed by atoms with Crippen molar-refractivity contribution in [3.63, 3.8) is 0 Å². The first-order valence-corrected chi connectivity index (χ1v) is 6.65. The van der Waals surface area contributed by atoms with Gasteiger partial charge >= 0.3 is 0 Å². The molecule has 6 heteroatoms. The second-order valence-corrected chi connectivity index (χ2v) is 4.54. The van der Waals surface area contributed by atoms with Gasteiger partial charge in [0.25, 0.3) is 0 Å². The van der Waals surface area contributed by atoms with Crippen molar-refractivity contribution in [3.8, 4) is 22.9 Å². The van der Waals surface area contributed by atoms with Crippen molar-refractivity contribution < 1.29 is 9.84 Å². The summed E-state index contributed by atoms with van der Waals surface area (Å²) in [6.07, 6.45) is 3.15. The van der Waals surface area contributed by atoms with Gasteiger partial charge < -0.3 is 9.84 Å². The Labute approximate surface area is 127 Å². The fraction of sp³-hybridized carbons (Fsp3) is 0.0625. The maximum Gasteiger partial charge on any atom is 0.184 e. The summed E-state index contributed by atoms with van der Waals surface area (Å²) in [7, 11) is 1.51. The monoisotopic (exact) mass is 294 g/mol. The van der Waals surface area contributed by atoms with Crippen LogP contribution in [-0.2, 0) is 0 Å². The fourth-order valence-electron chi connectivity index (χ4n) is 2.01. The lowest BCUT2D eigenvalue weighted by Crippen LogP contribution is -1.93. The Morgan fingerprint density at radius 1 is 1.18 bits per heavy atom. The molecule has 0 fully saturated rings. The lowest BCUT2D eigenvalue weighted by atomic mass is 10.2. The number of phenolic OH excluding ortho intramolecular Hbond substituents is 1. The summed E-state index contributed by atoms with van der Waals surface area (Å²) in [5.74, 6) is 1.14. The maximum absolute atomic E-state index is 9.76. The maximum atomic E-state index is 9.76. The molecule has 1 heterocycles. The number of hydrogen-bond acceptors (Lipinski definition) is 5. The molecule has 3 aromatic rings. The lowest BCUT2D eigenvalue weighted by molar-refractivity contribution is 0.373. The first-order valence-electron chi connectivity index (χ1n) is 6.65. The zero-order valence-electron chi connectivity index (χ0n) is 11.9. The van der Waals surface area contributed by atoms with Gasteiger partial charge in [-0.1, -0.05) is 30.3 Å². The molecule has 0 atom stereocenters. The van der Waals surface area contributed by atoms with Crippen molar-refractivity contribution in [1.29, 1.82) is 0 Å². The molecule has 0 aliphatic heterocycles. The van der Waals surface area contributed by atoms with E-state index in [0.29, 0.717) is 11.6 Å². The van der Waals surface area contributed by atoms with Gasteiger partial charge in [-0.25, -0.2) is 0 Å². The summed E-state index contributed by atoms with van der Waals surface area (Å²) in [6, 6.07) is 14.7. The minimum absolute atomic E-state index is 0.0680. The van der Waals surface area contributed by atoms with E-state index in [1.807, 2.05) is 30.3 Å². The number of ether oxygens (including phenoxy) is 1. The Kier molecular flexibility index (Phi) is 3.82. The molecule has 1 N–H and O–H groups in total. The van der Waals surface area contributed by atoms with Crippen molar-refractivity contribution in [3.05, 3.63) is 60.4 Å². The number of rotatable bonds is 4. The van der Waals surface area contributed by atoms with Crippen LogP contribution in [0.1, 0.15) is 5.56 Å². The SMILES string of the molecule is COc1ccc(/C=N\n2cnnc2-c2ccccc2)cc1O. The Morgan fingerprint density at radius 2 is 2.00 bits per heavy atom. The highest BCUT2D eigenvalue weighted by atomic mass is 16.5. The van der Waals surface area contributed by atoms with Crippen molar-refractivity contribution in [2.24, 2.45) is 5.10 Å². The van der Waals surface area contributed by atoms with Crippen LogP contribution in [0.15, 0.2) is 60.0 Å². The number of methoxy groups -OCH3 is 1. The van der Waals surface area contributed by atoms with E-state index in [1.54, 1.807) is 29.1 Å². The topological polar surface area (TPSA) is 72.5 Å². The van der Waals surface area contributed by atoms with Gasteiger partial charge in [-0.15, -0.1) is 10.2 Å². The Morgan fingerprint density at radius 3 is 2.73 bits per heavy atom. The molecule has 3 rings (SSSR count). The third-order valence-electron chi connectivity index (χ3n) is 3.10. The third kappa shape index (κ3) is 2.80. The zero-order valence-corrected chi connectivity index (χ0v) is 11.9. The highest BCUT2D eigenvalue weighted by Crippen LogP contribution is 2.25. The summed E-state index contributed by atoms with van der Waals surface area (Å²) < 4.78 is 6.59. The van der Waals surface area contributed by atoms with Crippen LogP contribution in [0.3, 0.4) is 0 Å². The smallest absolute Gasteiger partial charge is 0.184 e. The molecule has 22 heavy (non-hydrogen) atoms. The number of phenols is 1. The molecule has 0 radical (unpaired) electrons. The molecule has 0 amide bonds. The van der Waals surface area contributed by atoms with Crippen LogP contribution in [0.2, 0.25) is 0 Å². The average Bonchev–Trinajstić information content (AvgIpc) is 3.02. The summed E-state index contributed by atoms with van der Waals surface area (Å²) in [6.45, 7) is 0. The number of aromatic nitrogens is 3. The van der Waals surface area contributed by atoms with Crippen LogP contribution in [0.25, 0.3) is 11.4 Å². The minimum Gasteiger partial charge on any atom is -0.504 e. The highest BCUT2D eigenvalue weighted by Gasteiger charge is 2.05. The van der Waals surface area contributed by atoms with Crippen LogP contribution in [0.4, 0.5) is 0 Å². The molecule has 0 aliphatic carbocycles. The van der Waals surface area contributed by atoms with Crippen LogP contribution < -0.4 is 4.74 Å². The zero-order chi connectivity index (χ0) is 15.4. The molecule has 6 nitrogen and oxygen atoms in total. The molecule has 0 saturated heterocycles. The van der Waals surface area contributed by atoms with E-state index in [-0.39, 0.29) is 5.75 Å². The van der Waals surface area contributed by atoms with Crippen LogP contribution >= 0.6 is 0 Å². The van der Waals surface area contributed by atoms with Gasteiger partial charge in [0.1, 0.15) is 6.33 Å². The molecule has 0 bridgehead atoms. The van der Waals surface area contributed by atoms with E-state index in [2.05, 4.69) is 15.3 Å². The van der Waals surface area contributed by atoms with Gasteiger partial charge in [0.05, 0.1) is 13.3 Å². The predicted octanol–water partition coefficient (Wildman–Crippen LogP) is 2.54. The summed E-state index contributed by atoms with van der Waals surface area (Å²) >= 11 is 0. The molecule has 1 aromatic heterocycles. The van der Waals surface area contributed by atoms with Gasteiger partial charge in [0, 0.05) is 5.56 Å². The molecule has 2 aromatic carbocycles. The largest absolute Gasteiger partial charge is 0.504 e. The number of hydrogen-bond donors (Lipinski definition) is 1. The summed E-state index contributed by atoms with van der Waals surface area (Å²) in [4.78, 5) is 0. The van der Waals surface area contributed by atoms with Gasteiger partial charge in [-0.2, -0.15) is 9.78 Å². The quantitative estimate of drug-likeness (QED) is 0.750. The molecule has 0 spiro atoms. The molecule has 0 saturated carbocycles. The highest BCUT2D eigenvalue weighted by molar-refractivity contribution is 5.81. The minimum atomic E-state index is 0.0680. The Bertz CT molecular complexity index is 797. The van der Waals surface area contributed by atoms with E-state index in [0.717, 1.165) is 11.1 Å². The van der Waals surface area contributed by atoms with Crippen molar-refractivity contribution >= 4 is 6.21 Å². The summed E-state index contributed by atoms with van der Waals surface area (Å²) in [5, 5.41) is 22.0. The molecular formula is C16H14N4O2. The molecular weight excluding hydrogens is 280 g/mol. The van der Waals surface area contributed by atoms with Crippen LogP contribution in [0.5, 0.6) is 11.5 Å². The number of benzene rings is 2. The van der Waals surface area contributed by atoms with Gasteiger partial charge in [-0.3, -0.25) is 0 Å². The predicted molar refractivity (Wildman–Crippen MR) is 83.1 cm³/mol. The first-order chi connectivity index (χ1) is 10.8. The number of aromatic hydroxyl groups is 1. The number of nitrogens with zero attached hydrogens (tertiary/aromatic N) is 4. The Hall–Kier alpha value is -3.15. The van der Waals surface area contributed by atoms with Gasteiger partial charge in [0.2, 0.25) is 0 Å². The van der Waals surface area contributed by atoms with E-state index < -0.39 is 0 Å².